The molecule has 7 heteroatoms. The largest absolute Gasteiger partial charge is 0.339 e. The summed E-state index contributed by atoms with van der Waals surface area (Å²) in [5.74, 6) is 1.03. The third-order valence-electron chi connectivity index (χ3n) is 3.62. The van der Waals surface area contributed by atoms with Gasteiger partial charge in [0.15, 0.2) is 5.82 Å². The van der Waals surface area contributed by atoms with E-state index < -0.39 is 0 Å². The van der Waals surface area contributed by atoms with Gasteiger partial charge in [0, 0.05) is 13.0 Å². The second kappa shape index (κ2) is 6.60. The zero-order valence-electron chi connectivity index (χ0n) is 13.3. The first-order chi connectivity index (χ1) is 11.2. The highest BCUT2D eigenvalue weighted by Crippen LogP contribution is 2.11. The Morgan fingerprint density at radius 2 is 2.17 bits per heavy atom. The lowest BCUT2D eigenvalue weighted by Gasteiger charge is -2.19. The lowest BCUT2D eigenvalue weighted by Crippen LogP contribution is -2.32. The lowest BCUT2D eigenvalue weighted by molar-refractivity contribution is 0.0738. The van der Waals surface area contributed by atoms with Crippen molar-refractivity contribution in [3.05, 3.63) is 47.9 Å². The van der Waals surface area contributed by atoms with Crippen molar-refractivity contribution in [2.24, 2.45) is 0 Å². The summed E-state index contributed by atoms with van der Waals surface area (Å²) in [6.07, 6.45) is 3.37. The van der Waals surface area contributed by atoms with E-state index >= 15 is 0 Å². The molecule has 3 aromatic rings. The first kappa shape index (κ1) is 15.2. The number of carbonyl (C=O) groups excluding carboxylic acids is 1. The molecule has 0 saturated heterocycles. The van der Waals surface area contributed by atoms with Crippen LogP contribution in [0, 0.1) is 0 Å². The lowest BCUT2D eigenvalue weighted by atomic mass is 10.3. The Hall–Kier alpha value is -2.70. The van der Waals surface area contributed by atoms with E-state index in [-0.39, 0.29) is 5.91 Å². The van der Waals surface area contributed by atoms with Crippen molar-refractivity contribution in [3.63, 3.8) is 0 Å². The van der Waals surface area contributed by atoms with Gasteiger partial charge < -0.3 is 9.42 Å². The van der Waals surface area contributed by atoms with Gasteiger partial charge in [-0.05, 0) is 31.5 Å². The van der Waals surface area contributed by atoms with Crippen molar-refractivity contribution in [1.29, 1.82) is 0 Å². The van der Waals surface area contributed by atoms with Crippen molar-refractivity contribution in [2.75, 3.05) is 6.54 Å². The van der Waals surface area contributed by atoms with E-state index in [0.717, 1.165) is 18.4 Å². The molecule has 0 aliphatic heterocycles. The third kappa shape index (κ3) is 3.08. The number of hydrogen-bond donors (Lipinski definition) is 0. The molecule has 0 fully saturated rings. The van der Waals surface area contributed by atoms with E-state index in [1.165, 1.54) is 0 Å². The molecule has 1 amide bonds. The van der Waals surface area contributed by atoms with Gasteiger partial charge in [0.1, 0.15) is 5.69 Å². The number of pyridine rings is 1. The van der Waals surface area contributed by atoms with Crippen LogP contribution in [0.4, 0.5) is 0 Å². The molecule has 0 aliphatic rings. The number of rotatable bonds is 6. The van der Waals surface area contributed by atoms with Crippen LogP contribution >= 0.6 is 0 Å². The zero-order valence-corrected chi connectivity index (χ0v) is 13.3. The molecule has 23 heavy (non-hydrogen) atoms. The summed E-state index contributed by atoms with van der Waals surface area (Å²) >= 11 is 0. The summed E-state index contributed by atoms with van der Waals surface area (Å²) in [5, 5.41) is 8.16. The van der Waals surface area contributed by atoms with Gasteiger partial charge in [0.2, 0.25) is 5.89 Å². The zero-order chi connectivity index (χ0) is 16.2. The van der Waals surface area contributed by atoms with Crippen molar-refractivity contribution >= 4 is 11.4 Å². The Balaban J connectivity index is 1.82. The summed E-state index contributed by atoms with van der Waals surface area (Å²) in [7, 11) is 0. The molecular formula is C16H19N5O2. The fourth-order valence-corrected chi connectivity index (χ4v) is 2.44. The van der Waals surface area contributed by atoms with E-state index in [4.69, 9.17) is 4.52 Å². The fraction of sp³-hybridized carbons (Fsp3) is 0.375. The highest BCUT2D eigenvalue weighted by Gasteiger charge is 2.20. The predicted molar refractivity (Wildman–Crippen MR) is 83.9 cm³/mol. The summed E-state index contributed by atoms with van der Waals surface area (Å²) in [6.45, 7) is 4.85. The minimum Gasteiger partial charge on any atom is -0.339 e. The number of amides is 1. The standard InChI is InChI=1S/C16H19N5O2/c1-3-6-15-18-14(19-23-15)11-20(4-2)16(22)13-8-5-7-12-9-10-17-21(12)13/h5,7-10H,3-4,6,11H2,1-2H3. The van der Waals surface area contributed by atoms with Crippen LogP contribution in [-0.2, 0) is 13.0 Å². The molecular weight excluding hydrogens is 294 g/mol. The molecule has 0 saturated carbocycles. The van der Waals surface area contributed by atoms with Crippen molar-refractivity contribution < 1.29 is 9.32 Å². The normalized spacial score (nSPS) is 11.0. The number of hydrogen-bond acceptors (Lipinski definition) is 5. The Morgan fingerprint density at radius 1 is 1.30 bits per heavy atom. The third-order valence-corrected chi connectivity index (χ3v) is 3.62. The number of aryl methyl sites for hydroxylation is 1. The van der Waals surface area contributed by atoms with Gasteiger partial charge in [-0.3, -0.25) is 4.79 Å². The van der Waals surface area contributed by atoms with Crippen LogP contribution in [0.3, 0.4) is 0 Å². The molecule has 0 unspecified atom stereocenters. The Kier molecular flexibility index (Phi) is 4.36. The maximum absolute atomic E-state index is 12.8. The number of nitrogens with zero attached hydrogens (tertiary/aromatic N) is 5. The molecule has 3 aromatic heterocycles. The minimum atomic E-state index is -0.108. The summed E-state index contributed by atoms with van der Waals surface area (Å²) in [4.78, 5) is 18.8. The van der Waals surface area contributed by atoms with Gasteiger partial charge in [0.25, 0.3) is 5.91 Å². The maximum Gasteiger partial charge on any atom is 0.272 e. The van der Waals surface area contributed by atoms with Crippen molar-refractivity contribution in [3.8, 4) is 0 Å². The molecule has 0 atom stereocenters. The van der Waals surface area contributed by atoms with Gasteiger partial charge >= 0.3 is 0 Å². The van der Waals surface area contributed by atoms with Crippen LogP contribution in [0.15, 0.2) is 35.0 Å². The Labute approximate surface area is 133 Å². The Morgan fingerprint density at radius 3 is 2.96 bits per heavy atom. The van der Waals surface area contributed by atoms with Crippen molar-refractivity contribution in [2.45, 2.75) is 33.2 Å². The number of aromatic nitrogens is 4. The molecule has 0 radical (unpaired) electrons. The van der Waals surface area contributed by atoms with Gasteiger partial charge in [-0.25, -0.2) is 4.52 Å². The molecule has 0 aromatic carbocycles. The highest BCUT2D eigenvalue weighted by molar-refractivity contribution is 5.93. The van der Waals surface area contributed by atoms with Crippen LogP contribution in [-0.4, -0.2) is 37.1 Å². The van der Waals surface area contributed by atoms with Crippen LogP contribution in [0.2, 0.25) is 0 Å². The topological polar surface area (TPSA) is 76.5 Å². The van der Waals surface area contributed by atoms with Gasteiger partial charge in [-0.15, -0.1) is 0 Å². The molecule has 7 nitrogen and oxygen atoms in total. The van der Waals surface area contributed by atoms with E-state index in [9.17, 15) is 4.79 Å². The first-order valence-electron chi connectivity index (χ1n) is 7.76. The number of fused-ring (bicyclic) bond motifs is 1. The van der Waals surface area contributed by atoms with Crippen LogP contribution in [0.25, 0.3) is 5.52 Å². The maximum atomic E-state index is 12.8. The van der Waals surface area contributed by atoms with Gasteiger partial charge in [-0.1, -0.05) is 18.1 Å². The van der Waals surface area contributed by atoms with Crippen LogP contribution < -0.4 is 0 Å². The molecule has 0 spiro atoms. The van der Waals surface area contributed by atoms with E-state index in [0.29, 0.717) is 30.5 Å². The minimum absolute atomic E-state index is 0.108. The molecule has 0 N–H and O–H groups in total. The number of carbonyl (C=O) groups is 1. The predicted octanol–water partition coefficient (Wildman–Crippen LogP) is 2.33. The van der Waals surface area contributed by atoms with Crippen LogP contribution in [0.5, 0.6) is 0 Å². The van der Waals surface area contributed by atoms with E-state index in [1.54, 1.807) is 21.7 Å². The fourth-order valence-electron chi connectivity index (χ4n) is 2.44. The van der Waals surface area contributed by atoms with Crippen LogP contribution in [0.1, 0.15) is 42.5 Å². The summed E-state index contributed by atoms with van der Waals surface area (Å²) in [5.41, 5.74) is 1.41. The SMILES string of the molecule is CCCc1nc(CN(CC)C(=O)c2cccc3ccnn23)no1. The van der Waals surface area contributed by atoms with Gasteiger partial charge in [-0.2, -0.15) is 10.1 Å². The average Bonchev–Trinajstić information content (AvgIpc) is 3.21. The molecule has 0 bridgehead atoms. The van der Waals surface area contributed by atoms with E-state index in [2.05, 4.69) is 22.2 Å². The highest BCUT2D eigenvalue weighted by atomic mass is 16.5. The summed E-state index contributed by atoms with van der Waals surface area (Å²) < 4.78 is 6.82. The smallest absolute Gasteiger partial charge is 0.272 e. The second-order valence-electron chi connectivity index (χ2n) is 5.25. The molecule has 120 valence electrons. The van der Waals surface area contributed by atoms with Gasteiger partial charge in [0.05, 0.1) is 18.3 Å². The Bertz CT molecular complexity index is 808. The summed E-state index contributed by atoms with van der Waals surface area (Å²) in [6, 6.07) is 7.40. The average molecular weight is 313 g/mol. The molecule has 3 heterocycles. The monoisotopic (exact) mass is 313 g/mol. The molecule has 0 aliphatic carbocycles. The quantitative estimate of drug-likeness (QED) is 0.698. The molecule has 3 rings (SSSR count). The first-order valence-corrected chi connectivity index (χ1v) is 7.76. The second-order valence-corrected chi connectivity index (χ2v) is 5.25. The van der Waals surface area contributed by atoms with E-state index in [1.807, 2.05) is 25.1 Å². The van der Waals surface area contributed by atoms with Crippen molar-refractivity contribution in [1.82, 2.24) is 24.7 Å².